The number of hydrogen-bond donors (Lipinski definition) is 0. The molecular formula is C16H25N3OS. The van der Waals surface area contributed by atoms with Crippen LogP contribution in [0.3, 0.4) is 0 Å². The van der Waals surface area contributed by atoms with Crippen LogP contribution in [-0.4, -0.2) is 52.4 Å². The predicted molar refractivity (Wildman–Crippen MR) is 85.6 cm³/mol. The van der Waals surface area contributed by atoms with Gasteiger partial charge in [0.2, 0.25) is 5.91 Å². The Kier molecular flexibility index (Phi) is 4.60. The maximum atomic E-state index is 12.7. The van der Waals surface area contributed by atoms with Crippen molar-refractivity contribution in [1.82, 2.24) is 14.8 Å². The lowest BCUT2D eigenvalue weighted by Gasteiger charge is -2.34. The molecule has 21 heavy (non-hydrogen) atoms. The minimum absolute atomic E-state index is 0.269. The molecule has 2 fully saturated rings. The van der Waals surface area contributed by atoms with Crippen LogP contribution in [0, 0.1) is 6.92 Å². The van der Waals surface area contributed by atoms with Gasteiger partial charge >= 0.3 is 0 Å². The fraction of sp³-hybridized carbons (Fsp3) is 0.750. The molecule has 116 valence electrons. The molecule has 1 aromatic rings. The molecule has 5 heteroatoms. The van der Waals surface area contributed by atoms with E-state index in [0.717, 1.165) is 30.2 Å². The van der Waals surface area contributed by atoms with Crippen molar-refractivity contribution in [3.05, 3.63) is 16.1 Å². The highest BCUT2D eigenvalue weighted by Crippen LogP contribution is 2.30. The van der Waals surface area contributed by atoms with E-state index >= 15 is 0 Å². The lowest BCUT2D eigenvalue weighted by atomic mass is 10.0. The number of likely N-dealkylation sites (tertiary alicyclic amines) is 2. The summed E-state index contributed by atoms with van der Waals surface area (Å²) in [4.78, 5) is 21.8. The van der Waals surface area contributed by atoms with Gasteiger partial charge < -0.3 is 4.90 Å². The molecule has 3 rings (SSSR count). The predicted octanol–water partition coefficient (Wildman–Crippen LogP) is 2.47. The SMILES string of the molecule is CCN1CCC[C@@H]1[C@@H]1CCCN1C(=O)Cc1csc(C)n1. The molecule has 2 aliphatic rings. The Morgan fingerprint density at radius 3 is 2.81 bits per heavy atom. The number of carbonyl (C=O) groups excluding carboxylic acids is 1. The van der Waals surface area contributed by atoms with Crippen LogP contribution < -0.4 is 0 Å². The van der Waals surface area contributed by atoms with E-state index in [-0.39, 0.29) is 5.91 Å². The van der Waals surface area contributed by atoms with Gasteiger partial charge in [0.05, 0.1) is 17.1 Å². The molecule has 2 aliphatic heterocycles. The summed E-state index contributed by atoms with van der Waals surface area (Å²) in [6.45, 7) is 7.46. The van der Waals surface area contributed by atoms with Crippen LogP contribution in [0.2, 0.25) is 0 Å². The van der Waals surface area contributed by atoms with Gasteiger partial charge in [-0.15, -0.1) is 11.3 Å². The molecule has 0 aliphatic carbocycles. The summed E-state index contributed by atoms with van der Waals surface area (Å²) in [5.74, 6) is 0.269. The molecule has 4 nitrogen and oxygen atoms in total. The second-order valence-electron chi connectivity index (χ2n) is 6.17. The van der Waals surface area contributed by atoms with E-state index in [1.165, 1.54) is 25.8 Å². The van der Waals surface area contributed by atoms with E-state index in [9.17, 15) is 4.79 Å². The van der Waals surface area contributed by atoms with Crippen molar-refractivity contribution in [2.75, 3.05) is 19.6 Å². The molecule has 0 saturated carbocycles. The van der Waals surface area contributed by atoms with Crippen molar-refractivity contribution in [3.8, 4) is 0 Å². The Morgan fingerprint density at radius 1 is 1.33 bits per heavy atom. The van der Waals surface area contributed by atoms with Gasteiger partial charge in [-0.3, -0.25) is 9.69 Å². The van der Waals surface area contributed by atoms with Crippen molar-refractivity contribution in [3.63, 3.8) is 0 Å². The van der Waals surface area contributed by atoms with Crippen LogP contribution in [0.5, 0.6) is 0 Å². The second-order valence-corrected chi connectivity index (χ2v) is 7.23. The zero-order chi connectivity index (χ0) is 14.8. The van der Waals surface area contributed by atoms with E-state index in [1.54, 1.807) is 11.3 Å². The fourth-order valence-electron chi connectivity index (χ4n) is 3.93. The van der Waals surface area contributed by atoms with E-state index in [4.69, 9.17) is 0 Å². The van der Waals surface area contributed by atoms with Gasteiger partial charge in [-0.1, -0.05) is 6.92 Å². The van der Waals surface area contributed by atoms with Crippen LogP contribution in [0.25, 0.3) is 0 Å². The number of hydrogen-bond acceptors (Lipinski definition) is 4. The van der Waals surface area contributed by atoms with Gasteiger partial charge in [0, 0.05) is 24.0 Å². The highest BCUT2D eigenvalue weighted by atomic mass is 32.1. The Hall–Kier alpha value is -0.940. The molecular weight excluding hydrogens is 282 g/mol. The number of amides is 1. The first-order chi connectivity index (χ1) is 10.2. The summed E-state index contributed by atoms with van der Waals surface area (Å²) in [5.41, 5.74) is 0.937. The molecule has 1 amide bonds. The minimum atomic E-state index is 0.269. The first-order valence-electron chi connectivity index (χ1n) is 8.13. The molecule has 0 spiro atoms. The maximum absolute atomic E-state index is 12.7. The van der Waals surface area contributed by atoms with Gasteiger partial charge in [0.15, 0.2) is 0 Å². The topological polar surface area (TPSA) is 36.4 Å². The number of nitrogens with zero attached hydrogens (tertiary/aromatic N) is 3. The third kappa shape index (κ3) is 3.14. The quantitative estimate of drug-likeness (QED) is 0.857. The Morgan fingerprint density at radius 2 is 2.10 bits per heavy atom. The Bertz CT molecular complexity index is 501. The van der Waals surface area contributed by atoms with Crippen LogP contribution in [0.15, 0.2) is 5.38 Å². The lowest BCUT2D eigenvalue weighted by Crippen LogP contribution is -2.48. The van der Waals surface area contributed by atoms with Crippen molar-refractivity contribution >= 4 is 17.2 Å². The fourth-order valence-corrected chi connectivity index (χ4v) is 4.54. The number of likely N-dealkylation sites (N-methyl/N-ethyl adjacent to an activating group) is 1. The molecule has 0 unspecified atom stereocenters. The van der Waals surface area contributed by atoms with Crippen LogP contribution in [-0.2, 0) is 11.2 Å². The number of aryl methyl sites for hydroxylation is 1. The summed E-state index contributed by atoms with van der Waals surface area (Å²) < 4.78 is 0. The van der Waals surface area contributed by atoms with Gasteiger partial charge in [-0.2, -0.15) is 0 Å². The monoisotopic (exact) mass is 307 g/mol. The molecule has 0 radical (unpaired) electrons. The summed E-state index contributed by atoms with van der Waals surface area (Å²) in [7, 11) is 0. The highest BCUT2D eigenvalue weighted by molar-refractivity contribution is 7.09. The minimum Gasteiger partial charge on any atom is -0.338 e. The molecule has 1 aromatic heterocycles. The van der Waals surface area contributed by atoms with Gasteiger partial charge in [-0.05, 0) is 45.7 Å². The lowest BCUT2D eigenvalue weighted by molar-refractivity contribution is -0.132. The van der Waals surface area contributed by atoms with Gasteiger partial charge in [0.1, 0.15) is 0 Å². The molecule has 0 N–H and O–H groups in total. The van der Waals surface area contributed by atoms with E-state index in [1.807, 2.05) is 12.3 Å². The van der Waals surface area contributed by atoms with Crippen molar-refractivity contribution in [2.24, 2.45) is 0 Å². The zero-order valence-electron chi connectivity index (χ0n) is 13.0. The average molecular weight is 307 g/mol. The van der Waals surface area contributed by atoms with Gasteiger partial charge in [0.25, 0.3) is 0 Å². The second kappa shape index (κ2) is 6.44. The van der Waals surface area contributed by atoms with Crippen molar-refractivity contribution in [1.29, 1.82) is 0 Å². The van der Waals surface area contributed by atoms with E-state index in [2.05, 4.69) is 21.7 Å². The summed E-state index contributed by atoms with van der Waals surface area (Å²) >= 11 is 1.63. The maximum Gasteiger partial charge on any atom is 0.228 e. The average Bonchev–Trinajstić information content (AvgIpc) is 3.16. The number of thiazole rings is 1. The van der Waals surface area contributed by atoms with Crippen molar-refractivity contribution < 1.29 is 4.79 Å². The third-order valence-corrected chi connectivity index (χ3v) is 5.71. The number of aromatic nitrogens is 1. The molecule has 0 aromatic carbocycles. The smallest absolute Gasteiger partial charge is 0.228 e. The van der Waals surface area contributed by atoms with Gasteiger partial charge in [-0.25, -0.2) is 4.98 Å². The molecule has 3 heterocycles. The number of carbonyl (C=O) groups is 1. The van der Waals surface area contributed by atoms with Crippen LogP contribution in [0.1, 0.15) is 43.3 Å². The first-order valence-corrected chi connectivity index (χ1v) is 9.01. The van der Waals surface area contributed by atoms with Crippen LogP contribution >= 0.6 is 11.3 Å². The summed E-state index contributed by atoms with van der Waals surface area (Å²) in [6, 6.07) is 1.01. The number of rotatable bonds is 4. The largest absolute Gasteiger partial charge is 0.338 e. The van der Waals surface area contributed by atoms with Crippen LogP contribution in [0.4, 0.5) is 0 Å². The van der Waals surface area contributed by atoms with Crippen molar-refractivity contribution in [2.45, 2.75) is 58.0 Å². The Labute approximate surface area is 131 Å². The molecule has 0 bridgehead atoms. The Balaban J connectivity index is 1.67. The normalized spacial score (nSPS) is 26.7. The molecule has 2 atom stereocenters. The van der Waals surface area contributed by atoms with E-state index in [0.29, 0.717) is 18.5 Å². The third-order valence-electron chi connectivity index (χ3n) is 4.88. The first kappa shape index (κ1) is 15.0. The molecule has 2 saturated heterocycles. The summed E-state index contributed by atoms with van der Waals surface area (Å²) in [6.07, 6.45) is 5.32. The van der Waals surface area contributed by atoms with E-state index < -0.39 is 0 Å². The summed E-state index contributed by atoms with van der Waals surface area (Å²) in [5, 5.41) is 3.07. The zero-order valence-corrected chi connectivity index (χ0v) is 13.9. The highest BCUT2D eigenvalue weighted by Gasteiger charge is 2.38. The standard InChI is InChI=1S/C16H25N3OS/c1-3-18-8-4-6-14(18)15-7-5-9-19(15)16(20)10-13-11-21-12(2)17-13/h11,14-15H,3-10H2,1-2H3/t14-,15+/m1/s1.